The molecule has 1 aromatic heterocycles. The van der Waals surface area contributed by atoms with E-state index in [9.17, 15) is 24.3 Å². The van der Waals surface area contributed by atoms with Gasteiger partial charge in [-0.15, -0.1) is 0 Å². The molecule has 1 heterocycles. The topological polar surface area (TPSA) is 83.1 Å². The molecule has 0 aliphatic carbocycles. The van der Waals surface area contributed by atoms with E-state index in [1.807, 2.05) is 13.0 Å². The van der Waals surface area contributed by atoms with Gasteiger partial charge in [0.25, 0.3) is 5.56 Å². The Labute approximate surface area is 145 Å². The van der Waals surface area contributed by atoms with E-state index in [-0.39, 0.29) is 28.8 Å². The summed E-state index contributed by atoms with van der Waals surface area (Å²) in [6, 6.07) is 6.70. The Kier molecular flexibility index (Phi) is 5.71. The second-order valence-corrected chi connectivity index (χ2v) is 5.81. The third-order valence-corrected chi connectivity index (χ3v) is 4.12. The Morgan fingerprint density at radius 2 is 1.92 bits per heavy atom. The van der Waals surface area contributed by atoms with Crippen LogP contribution >= 0.6 is 0 Å². The zero-order chi connectivity index (χ0) is 18.6. The highest BCUT2D eigenvalue weighted by atomic mass is 19.1. The predicted octanol–water partition coefficient (Wildman–Crippen LogP) is 3.29. The number of benzene rings is 1. The Hall–Kier alpha value is -2.94. The van der Waals surface area contributed by atoms with Gasteiger partial charge in [-0.05, 0) is 43.2 Å². The maximum Gasteiger partial charge on any atom is 0.271 e. The summed E-state index contributed by atoms with van der Waals surface area (Å²) in [6.45, 7) is 3.67. The number of halogens is 1. The molecule has 0 aliphatic heterocycles. The molecule has 0 saturated carbocycles. The van der Waals surface area contributed by atoms with Crippen molar-refractivity contribution in [2.24, 2.45) is 0 Å². The molecule has 0 spiro atoms. The summed E-state index contributed by atoms with van der Waals surface area (Å²) < 4.78 is 14.1. The van der Waals surface area contributed by atoms with E-state index in [0.29, 0.717) is 6.42 Å². The number of nitriles is 1. The number of unbranched alkanes of at least 4 members (excludes halogenated alkanes) is 2. The zero-order valence-corrected chi connectivity index (χ0v) is 14.2. The fraction of sp³-hybridized carbons (Fsp3) is 0.316. The van der Waals surface area contributed by atoms with Gasteiger partial charge in [0, 0.05) is 12.1 Å². The van der Waals surface area contributed by atoms with Crippen LogP contribution in [0.15, 0.2) is 29.1 Å². The van der Waals surface area contributed by atoms with Crippen LogP contribution in [0.4, 0.5) is 4.39 Å². The molecule has 0 saturated heterocycles. The molecule has 6 heteroatoms. The van der Waals surface area contributed by atoms with E-state index in [2.05, 4.69) is 0 Å². The van der Waals surface area contributed by atoms with Crippen LogP contribution in [0.3, 0.4) is 0 Å². The first-order valence-corrected chi connectivity index (χ1v) is 8.09. The fourth-order valence-electron chi connectivity index (χ4n) is 2.70. The maximum atomic E-state index is 13.1. The number of rotatable bonds is 6. The van der Waals surface area contributed by atoms with Gasteiger partial charge in [0.15, 0.2) is 5.78 Å². The molecule has 25 heavy (non-hydrogen) atoms. The number of hydrogen-bond acceptors (Lipinski definition) is 4. The van der Waals surface area contributed by atoms with Crippen LogP contribution in [0, 0.1) is 24.1 Å². The number of aromatic nitrogens is 1. The number of ketones is 1. The highest BCUT2D eigenvalue weighted by Gasteiger charge is 2.24. The van der Waals surface area contributed by atoms with Crippen LogP contribution < -0.4 is 5.56 Å². The maximum absolute atomic E-state index is 13.1. The molecule has 2 rings (SSSR count). The third-order valence-electron chi connectivity index (χ3n) is 4.12. The summed E-state index contributed by atoms with van der Waals surface area (Å²) in [5.74, 6) is -1.50. The summed E-state index contributed by atoms with van der Waals surface area (Å²) in [5.41, 5.74) is -0.572. The minimum Gasteiger partial charge on any atom is -0.494 e. The summed E-state index contributed by atoms with van der Waals surface area (Å²) >= 11 is 0. The molecule has 0 unspecified atom stereocenters. The molecule has 1 N–H and O–H groups in total. The Morgan fingerprint density at radius 1 is 1.28 bits per heavy atom. The number of nitrogens with zero attached hydrogens (tertiary/aromatic N) is 2. The van der Waals surface area contributed by atoms with Crippen LogP contribution in [0.2, 0.25) is 0 Å². The molecule has 0 fully saturated rings. The van der Waals surface area contributed by atoms with Crippen LogP contribution in [0.25, 0.3) is 0 Å². The Morgan fingerprint density at radius 3 is 2.48 bits per heavy atom. The first kappa shape index (κ1) is 18.4. The zero-order valence-electron chi connectivity index (χ0n) is 14.2. The monoisotopic (exact) mass is 342 g/mol. The largest absolute Gasteiger partial charge is 0.494 e. The van der Waals surface area contributed by atoms with Crippen LogP contribution in [-0.4, -0.2) is 15.5 Å². The normalized spacial score (nSPS) is 10.5. The van der Waals surface area contributed by atoms with Crippen molar-refractivity contribution in [2.75, 3.05) is 0 Å². The van der Waals surface area contributed by atoms with Gasteiger partial charge < -0.3 is 5.11 Å². The van der Waals surface area contributed by atoms with Crippen molar-refractivity contribution in [1.29, 1.82) is 5.26 Å². The van der Waals surface area contributed by atoms with Gasteiger partial charge in [-0.3, -0.25) is 14.2 Å². The number of carbonyl (C=O) groups is 1. The minimum absolute atomic E-state index is 0.0979. The van der Waals surface area contributed by atoms with Crippen molar-refractivity contribution in [3.63, 3.8) is 0 Å². The van der Waals surface area contributed by atoms with Crippen molar-refractivity contribution in [1.82, 2.24) is 4.57 Å². The standard InChI is InChI=1S/C19H19FN2O3/c1-3-4-5-10-22-18(24)15(11-21)12(2)16(19(22)25)17(23)13-6-8-14(20)9-7-13/h6-9,25H,3-5,10H2,1-2H3. The third kappa shape index (κ3) is 3.61. The van der Waals surface area contributed by atoms with E-state index in [4.69, 9.17) is 0 Å². The summed E-state index contributed by atoms with van der Waals surface area (Å²) in [7, 11) is 0. The molecule has 5 nitrogen and oxygen atoms in total. The molecule has 0 aliphatic rings. The highest BCUT2D eigenvalue weighted by molar-refractivity contribution is 6.11. The van der Waals surface area contributed by atoms with Crippen LogP contribution in [0.5, 0.6) is 5.88 Å². The average Bonchev–Trinajstić information content (AvgIpc) is 2.59. The Balaban J connectivity index is 2.62. The number of pyridine rings is 1. The molecular formula is C19H19FN2O3. The number of aromatic hydroxyl groups is 1. The van der Waals surface area contributed by atoms with Gasteiger partial charge in [-0.2, -0.15) is 5.26 Å². The smallest absolute Gasteiger partial charge is 0.271 e. The molecule has 2 aromatic rings. The van der Waals surface area contributed by atoms with E-state index in [0.717, 1.165) is 29.5 Å². The van der Waals surface area contributed by atoms with Crippen molar-refractivity contribution >= 4 is 5.78 Å². The lowest BCUT2D eigenvalue weighted by Gasteiger charge is -2.15. The van der Waals surface area contributed by atoms with Gasteiger partial charge in [0.2, 0.25) is 5.88 Å². The average molecular weight is 342 g/mol. The summed E-state index contributed by atoms with van der Waals surface area (Å²) in [4.78, 5) is 25.2. The van der Waals surface area contributed by atoms with Gasteiger partial charge in [0.1, 0.15) is 17.4 Å². The van der Waals surface area contributed by atoms with Crippen LogP contribution in [-0.2, 0) is 6.54 Å². The number of carbonyl (C=O) groups excluding carboxylic acids is 1. The molecule has 0 atom stereocenters. The molecule has 0 amide bonds. The van der Waals surface area contributed by atoms with E-state index in [1.165, 1.54) is 19.1 Å². The molecule has 1 aromatic carbocycles. The van der Waals surface area contributed by atoms with Crippen molar-refractivity contribution in [3.8, 4) is 11.9 Å². The second kappa shape index (κ2) is 7.75. The molecule has 130 valence electrons. The van der Waals surface area contributed by atoms with Crippen molar-refractivity contribution < 1.29 is 14.3 Å². The van der Waals surface area contributed by atoms with Gasteiger partial charge >= 0.3 is 0 Å². The minimum atomic E-state index is -0.607. The van der Waals surface area contributed by atoms with Crippen LogP contribution in [0.1, 0.15) is 53.2 Å². The van der Waals surface area contributed by atoms with Gasteiger partial charge in [-0.1, -0.05) is 19.8 Å². The second-order valence-electron chi connectivity index (χ2n) is 5.81. The lowest BCUT2D eigenvalue weighted by Crippen LogP contribution is -2.27. The summed E-state index contributed by atoms with van der Waals surface area (Å²) in [5, 5.41) is 19.8. The van der Waals surface area contributed by atoms with E-state index in [1.54, 1.807) is 0 Å². The highest BCUT2D eigenvalue weighted by Crippen LogP contribution is 2.25. The lowest BCUT2D eigenvalue weighted by molar-refractivity contribution is 0.103. The predicted molar refractivity (Wildman–Crippen MR) is 91.2 cm³/mol. The van der Waals surface area contributed by atoms with E-state index >= 15 is 0 Å². The van der Waals surface area contributed by atoms with Gasteiger partial charge in [0.05, 0.1) is 5.56 Å². The summed E-state index contributed by atoms with van der Waals surface area (Å²) in [6.07, 6.45) is 2.42. The molecule has 0 radical (unpaired) electrons. The SMILES string of the molecule is CCCCCn1c(O)c(C(=O)c2ccc(F)cc2)c(C)c(C#N)c1=O. The number of hydrogen-bond donors (Lipinski definition) is 1. The van der Waals surface area contributed by atoms with Gasteiger partial charge in [-0.25, -0.2) is 4.39 Å². The first-order chi connectivity index (χ1) is 11.9. The molecule has 0 bridgehead atoms. The van der Waals surface area contributed by atoms with Crippen molar-refractivity contribution in [2.45, 2.75) is 39.7 Å². The Bertz CT molecular complexity index is 893. The lowest BCUT2D eigenvalue weighted by atomic mass is 9.97. The van der Waals surface area contributed by atoms with Crippen molar-refractivity contribution in [3.05, 3.63) is 62.7 Å². The first-order valence-electron chi connectivity index (χ1n) is 8.09. The molecular weight excluding hydrogens is 323 g/mol. The van der Waals surface area contributed by atoms with E-state index < -0.39 is 23.0 Å². The quantitative estimate of drug-likeness (QED) is 0.645. The fourth-order valence-corrected chi connectivity index (χ4v) is 2.70.